The molecule has 4 rings (SSSR count). The van der Waals surface area contributed by atoms with Crippen LogP contribution in [0.5, 0.6) is 0 Å². The molecule has 4 saturated carbocycles. The lowest BCUT2D eigenvalue weighted by molar-refractivity contribution is -0.135. The molecule has 0 aromatic rings. The van der Waals surface area contributed by atoms with E-state index in [0.29, 0.717) is 47.7 Å². The van der Waals surface area contributed by atoms with Gasteiger partial charge in [-0.25, -0.2) is 0 Å². The summed E-state index contributed by atoms with van der Waals surface area (Å²) in [7, 11) is 0. The van der Waals surface area contributed by atoms with E-state index in [-0.39, 0.29) is 18.2 Å². The summed E-state index contributed by atoms with van der Waals surface area (Å²) in [5.74, 6) is 3.97. The van der Waals surface area contributed by atoms with Crippen LogP contribution in [0.4, 0.5) is 4.39 Å². The van der Waals surface area contributed by atoms with Crippen LogP contribution in [-0.4, -0.2) is 23.7 Å². The van der Waals surface area contributed by atoms with Crippen LogP contribution in [0.2, 0.25) is 0 Å². The van der Waals surface area contributed by atoms with Crippen LogP contribution in [0, 0.1) is 40.9 Å². The second-order valence-corrected chi connectivity index (χ2v) is 9.17. The topological polar surface area (TPSA) is 37.3 Å². The molecule has 2 nitrogen and oxygen atoms in total. The number of carbonyl (C=O) groups excluding carboxylic acids is 1. The van der Waals surface area contributed by atoms with Crippen molar-refractivity contribution in [3.8, 4) is 0 Å². The van der Waals surface area contributed by atoms with Gasteiger partial charge in [0.1, 0.15) is 5.78 Å². The number of halogens is 1. The maximum absolute atomic E-state index is 13.3. The molecule has 1 N–H and O–H groups in total. The molecule has 3 heteroatoms. The standard InChI is InChI=1S/C20H31FO2/c1-20-11-13(8-9-21)19-15-5-3-14(22)10-12(15)2-4-16(19)17(20)6-7-18(20)23/h12-13,15-19,23H,2-11H2,1H3/t12-,13?,15?,16?,17?,18-,19?,20-/m0/s1. The number of rotatable bonds is 2. The molecule has 0 heterocycles. The third-order valence-electron chi connectivity index (χ3n) is 8.31. The van der Waals surface area contributed by atoms with Gasteiger partial charge in [-0.05, 0) is 85.9 Å². The van der Waals surface area contributed by atoms with Crippen LogP contribution >= 0.6 is 0 Å². The second kappa shape index (κ2) is 5.82. The van der Waals surface area contributed by atoms with Crippen molar-refractivity contribution in [2.24, 2.45) is 40.9 Å². The predicted octanol–water partition coefficient (Wildman–Crippen LogP) is 4.15. The van der Waals surface area contributed by atoms with Crippen LogP contribution in [0.25, 0.3) is 0 Å². The summed E-state index contributed by atoms with van der Waals surface area (Å²) < 4.78 is 13.3. The maximum atomic E-state index is 13.3. The number of aliphatic hydroxyl groups is 1. The molecule has 0 aromatic carbocycles. The Morgan fingerprint density at radius 3 is 2.78 bits per heavy atom. The van der Waals surface area contributed by atoms with Crippen LogP contribution in [0.1, 0.15) is 64.7 Å². The molecule has 8 atom stereocenters. The third kappa shape index (κ3) is 2.41. The highest BCUT2D eigenvalue weighted by atomic mass is 19.1. The fourth-order valence-corrected chi connectivity index (χ4v) is 7.39. The highest BCUT2D eigenvalue weighted by Crippen LogP contribution is 2.64. The Balaban J connectivity index is 1.65. The van der Waals surface area contributed by atoms with Crippen LogP contribution in [-0.2, 0) is 4.79 Å². The monoisotopic (exact) mass is 322 g/mol. The molecular formula is C20H31FO2. The average Bonchev–Trinajstić information content (AvgIpc) is 2.82. The van der Waals surface area contributed by atoms with E-state index in [1.54, 1.807) is 0 Å². The quantitative estimate of drug-likeness (QED) is 0.829. The molecule has 4 aliphatic rings. The average molecular weight is 322 g/mol. The summed E-state index contributed by atoms with van der Waals surface area (Å²) in [6.45, 7) is 2.04. The summed E-state index contributed by atoms with van der Waals surface area (Å²) in [4.78, 5) is 11.9. The van der Waals surface area contributed by atoms with Gasteiger partial charge in [-0.1, -0.05) is 6.92 Å². The Morgan fingerprint density at radius 1 is 1.17 bits per heavy atom. The lowest BCUT2D eigenvalue weighted by Crippen LogP contribution is -2.53. The first-order chi connectivity index (χ1) is 11.0. The minimum Gasteiger partial charge on any atom is -0.393 e. The van der Waals surface area contributed by atoms with E-state index in [1.165, 1.54) is 12.8 Å². The van der Waals surface area contributed by atoms with E-state index in [2.05, 4.69) is 6.92 Å². The Morgan fingerprint density at radius 2 is 2.00 bits per heavy atom. The van der Waals surface area contributed by atoms with Crippen molar-refractivity contribution in [2.75, 3.05) is 6.67 Å². The molecule has 23 heavy (non-hydrogen) atoms. The SMILES string of the molecule is C[C@]12CC(CCF)C3C(CC[C@H]4CC(=O)CCC34)C1CC[C@@H]2O. The maximum Gasteiger partial charge on any atom is 0.133 e. The van der Waals surface area contributed by atoms with Crippen molar-refractivity contribution in [3.05, 3.63) is 0 Å². The number of fused-ring (bicyclic) bond motifs is 5. The van der Waals surface area contributed by atoms with Gasteiger partial charge in [-0.15, -0.1) is 0 Å². The first kappa shape index (κ1) is 16.1. The van der Waals surface area contributed by atoms with Crippen molar-refractivity contribution in [3.63, 3.8) is 0 Å². The number of carbonyl (C=O) groups is 1. The van der Waals surface area contributed by atoms with E-state index in [9.17, 15) is 14.3 Å². The number of ketones is 1. The van der Waals surface area contributed by atoms with Gasteiger partial charge >= 0.3 is 0 Å². The first-order valence-corrected chi connectivity index (χ1v) is 9.80. The largest absolute Gasteiger partial charge is 0.393 e. The van der Waals surface area contributed by atoms with Crippen molar-refractivity contribution in [2.45, 2.75) is 70.8 Å². The molecule has 0 aromatic heterocycles. The van der Waals surface area contributed by atoms with Gasteiger partial charge in [0, 0.05) is 12.8 Å². The lowest BCUT2D eigenvalue weighted by atomic mass is 9.47. The summed E-state index contributed by atoms with van der Waals surface area (Å²) in [6, 6.07) is 0. The molecule has 0 bridgehead atoms. The van der Waals surface area contributed by atoms with Crippen molar-refractivity contribution in [1.29, 1.82) is 0 Å². The Labute approximate surface area is 139 Å². The van der Waals surface area contributed by atoms with Crippen molar-refractivity contribution in [1.82, 2.24) is 0 Å². The number of alkyl halides is 1. The molecule has 0 radical (unpaired) electrons. The van der Waals surface area contributed by atoms with Crippen LogP contribution in [0.3, 0.4) is 0 Å². The number of aliphatic hydroxyl groups excluding tert-OH is 1. The highest BCUT2D eigenvalue weighted by molar-refractivity contribution is 5.79. The van der Waals surface area contributed by atoms with Gasteiger partial charge < -0.3 is 5.11 Å². The zero-order valence-corrected chi connectivity index (χ0v) is 14.3. The van der Waals surface area contributed by atoms with E-state index in [1.807, 2.05) is 0 Å². The fourth-order valence-electron chi connectivity index (χ4n) is 7.39. The normalized spacial score (nSPS) is 52.7. The van der Waals surface area contributed by atoms with E-state index >= 15 is 0 Å². The van der Waals surface area contributed by atoms with Crippen molar-refractivity contribution >= 4 is 5.78 Å². The van der Waals surface area contributed by atoms with E-state index < -0.39 is 0 Å². The van der Waals surface area contributed by atoms with Crippen molar-refractivity contribution < 1.29 is 14.3 Å². The Hall–Kier alpha value is -0.440. The third-order valence-corrected chi connectivity index (χ3v) is 8.31. The molecule has 0 saturated heterocycles. The number of Topliss-reactive ketones (excluding diaryl/α,β-unsaturated/α-hetero) is 1. The Kier molecular flexibility index (Phi) is 4.06. The van der Waals surface area contributed by atoms with Gasteiger partial charge in [0.25, 0.3) is 0 Å². The molecule has 130 valence electrons. The molecule has 4 fully saturated rings. The highest BCUT2D eigenvalue weighted by Gasteiger charge is 2.59. The number of hydrogen-bond acceptors (Lipinski definition) is 2. The molecule has 5 unspecified atom stereocenters. The molecule has 0 amide bonds. The van der Waals surface area contributed by atoms with E-state index in [4.69, 9.17) is 0 Å². The summed E-state index contributed by atoms with van der Waals surface area (Å²) in [5.41, 5.74) is 0.0122. The van der Waals surface area contributed by atoms with E-state index in [0.717, 1.165) is 38.5 Å². The van der Waals surface area contributed by atoms with Gasteiger partial charge in [-0.3, -0.25) is 9.18 Å². The fraction of sp³-hybridized carbons (Fsp3) is 0.950. The molecular weight excluding hydrogens is 291 g/mol. The predicted molar refractivity (Wildman–Crippen MR) is 87.6 cm³/mol. The first-order valence-electron chi connectivity index (χ1n) is 9.80. The minimum atomic E-state index is -0.235. The van der Waals surface area contributed by atoms with Gasteiger partial charge in [0.05, 0.1) is 12.8 Å². The molecule has 0 spiro atoms. The molecule has 4 aliphatic carbocycles. The lowest BCUT2D eigenvalue weighted by Gasteiger charge is -2.58. The van der Waals surface area contributed by atoms with Crippen LogP contribution < -0.4 is 0 Å². The smallest absolute Gasteiger partial charge is 0.133 e. The summed E-state index contributed by atoms with van der Waals surface area (Å²) in [6.07, 6.45) is 8.50. The van der Waals surface area contributed by atoms with Gasteiger partial charge in [-0.2, -0.15) is 0 Å². The second-order valence-electron chi connectivity index (χ2n) is 9.17. The zero-order chi connectivity index (χ0) is 16.2. The summed E-state index contributed by atoms with van der Waals surface area (Å²) >= 11 is 0. The summed E-state index contributed by atoms with van der Waals surface area (Å²) in [5, 5.41) is 10.6. The Bertz CT molecular complexity index is 478. The van der Waals surface area contributed by atoms with Gasteiger partial charge in [0.2, 0.25) is 0 Å². The molecule has 0 aliphatic heterocycles. The minimum absolute atomic E-state index is 0.0122. The zero-order valence-electron chi connectivity index (χ0n) is 14.3. The van der Waals surface area contributed by atoms with Crippen LogP contribution in [0.15, 0.2) is 0 Å². The number of hydrogen-bond donors (Lipinski definition) is 1. The van der Waals surface area contributed by atoms with Gasteiger partial charge in [0.15, 0.2) is 0 Å².